The van der Waals surface area contributed by atoms with Gasteiger partial charge in [-0.1, -0.05) is 54.6 Å². The molecule has 2 aromatic carbocycles. The van der Waals surface area contributed by atoms with Crippen LogP contribution in [0.1, 0.15) is 12.0 Å². The van der Waals surface area contributed by atoms with Crippen molar-refractivity contribution in [3.05, 3.63) is 72.3 Å². The summed E-state index contributed by atoms with van der Waals surface area (Å²) < 4.78 is 12.1. The molecule has 6 nitrogen and oxygen atoms in total. The molecular weight excluding hydrogens is 392 g/mol. The van der Waals surface area contributed by atoms with Crippen LogP contribution in [0.3, 0.4) is 0 Å². The van der Waals surface area contributed by atoms with E-state index >= 15 is 0 Å². The number of anilines is 1. The number of amides is 2. The van der Waals surface area contributed by atoms with Gasteiger partial charge in [-0.2, -0.15) is 0 Å². The highest BCUT2D eigenvalue weighted by Gasteiger charge is 2.66. The van der Waals surface area contributed by atoms with E-state index < -0.39 is 17.4 Å². The Balaban J connectivity index is 1.24. The molecule has 160 valence electrons. The normalized spacial score (nSPS) is 28.1. The summed E-state index contributed by atoms with van der Waals surface area (Å²) >= 11 is 0. The van der Waals surface area contributed by atoms with Gasteiger partial charge in [-0.25, -0.2) is 0 Å². The van der Waals surface area contributed by atoms with Crippen LogP contribution in [0.4, 0.5) is 5.69 Å². The molecule has 2 bridgehead atoms. The molecule has 2 fully saturated rings. The first-order valence-corrected chi connectivity index (χ1v) is 10.8. The summed E-state index contributed by atoms with van der Waals surface area (Å²) in [6.07, 6.45) is 5.32. The molecule has 6 heteroatoms. The number of hydrogen-bond donors (Lipinski definition) is 1. The van der Waals surface area contributed by atoms with E-state index in [9.17, 15) is 9.59 Å². The third kappa shape index (κ3) is 3.51. The summed E-state index contributed by atoms with van der Waals surface area (Å²) in [6, 6.07) is 17.7. The van der Waals surface area contributed by atoms with Gasteiger partial charge in [0.05, 0.1) is 36.8 Å². The van der Waals surface area contributed by atoms with Crippen LogP contribution in [-0.2, 0) is 20.7 Å². The summed E-state index contributed by atoms with van der Waals surface area (Å²) in [4.78, 5) is 27.6. The lowest BCUT2D eigenvalue weighted by atomic mass is 9.77. The molecule has 3 aliphatic heterocycles. The summed E-state index contributed by atoms with van der Waals surface area (Å²) in [5, 5.41) is 2.99. The van der Waals surface area contributed by atoms with E-state index in [4.69, 9.17) is 9.47 Å². The summed E-state index contributed by atoms with van der Waals surface area (Å²) in [5.41, 5.74) is 1.23. The molecule has 3 aliphatic rings. The average molecular weight is 418 g/mol. The maximum atomic E-state index is 13.2. The fourth-order valence-electron chi connectivity index (χ4n) is 5.01. The van der Waals surface area contributed by atoms with Crippen molar-refractivity contribution in [2.24, 2.45) is 11.8 Å². The highest BCUT2D eigenvalue weighted by Crippen LogP contribution is 2.51. The van der Waals surface area contributed by atoms with Gasteiger partial charge >= 0.3 is 0 Å². The van der Waals surface area contributed by atoms with Gasteiger partial charge in [-0.15, -0.1) is 0 Å². The number of carbonyl (C=O) groups is 2. The maximum Gasteiger partial charge on any atom is 0.231 e. The number of carbonyl (C=O) groups excluding carboxylic acids is 2. The minimum absolute atomic E-state index is 0.0301. The van der Waals surface area contributed by atoms with E-state index in [0.717, 1.165) is 12.8 Å². The molecule has 0 aliphatic carbocycles. The van der Waals surface area contributed by atoms with Gasteiger partial charge < -0.3 is 19.7 Å². The highest BCUT2D eigenvalue weighted by atomic mass is 16.5. The highest BCUT2D eigenvalue weighted by molar-refractivity contribution is 5.99. The molecule has 3 unspecified atom stereocenters. The molecule has 0 radical (unpaired) electrons. The Kier molecular flexibility index (Phi) is 5.02. The van der Waals surface area contributed by atoms with Crippen molar-refractivity contribution in [2.45, 2.75) is 24.5 Å². The standard InChI is InChI=1S/C25H26N2O4/c1-27-16-25-14-13-20(31-25)21(22(25)24(27)29)23(28)26-18-11-5-6-12-19(18)30-15-7-10-17-8-3-2-4-9-17/h2-6,8-9,11-14,20-22H,7,10,15-16H2,1H3,(H,26,28)/t20?,21?,22?,25-/m0/s1. The fraction of sp³-hybridized carbons (Fsp3) is 0.360. The van der Waals surface area contributed by atoms with Crippen molar-refractivity contribution in [1.29, 1.82) is 0 Å². The Bertz CT molecular complexity index is 1020. The van der Waals surface area contributed by atoms with Gasteiger partial charge in [0.15, 0.2) is 0 Å². The number of rotatable bonds is 7. The van der Waals surface area contributed by atoms with Gasteiger partial charge in [0, 0.05) is 7.05 Å². The topological polar surface area (TPSA) is 67.9 Å². The van der Waals surface area contributed by atoms with Crippen molar-refractivity contribution in [3.8, 4) is 5.75 Å². The zero-order valence-electron chi connectivity index (χ0n) is 17.5. The number of hydrogen-bond acceptors (Lipinski definition) is 4. The van der Waals surface area contributed by atoms with Crippen LogP contribution in [0.15, 0.2) is 66.7 Å². The maximum absolute atomic E-state index is 13.2. The zero-order valence-corrected chi connectivity index (χ0v) is 17.5. The Morgan fingerprint density at radius 3 is 2.81 bits per heavy atom. The van der Waals surface area contributed by atoms with Gasteiger partial charge in [0.1, 0.15) is 11.4 Å². The number of nitrogens with zero attached hydrogens (tertiary/aromatic N) is 1. The molecule has 3 heterocycles. The van der Waals surface area contributed by atoms with Gasteiger partial charge in [-0.3, -0.25) is 9.59 Å². The van der Waals surface area contributed by atoms with Crippen molar-refractivity contribution < 1.29 is 19.1 Å². The predicted octanol–water partition coefficient (Wildman–Crippen LogP) is 3.05. The van der Waals surface area contributed by atoms with Crippen LogP contribution >= 0.6 is 0 Å². The Morgan fingerprint density at radius 1 is 1.19 bits per heavy atom. The molecule has 1 N–H and O–H groups in total. The number of likely N-dealkylation sites (N-methyl/N-ethyl adjacent to an activating group) is 1. The van der Waals surface area contributed by atoms with E-state index in [0.29, 0.717) is 24.6 Å². The lowest BCUT2D eigenvalue weighted by molar-refractivity contribution is -0.134. The summed E-state index contributed by atoms with van der Waals surface area (Å²) in [6.45, 7) is 1.04. The molecule has 2 saturated heterocycles. The Morgan fingerprint density at radius 2 is 1.97 bits per heavy atom. The SMILES string of the molecule is CN1C[C@]23C=CC(O2)C(C(=O)Nc2ccccc2OCCCc2ccccc2)C3C1=O. The number of ether oxygens (including phenoxy) is 2. The van der Waals surface area contributed by atoms with Crippen molar-refractivity contribution in [3.63, 3.8) is 0 Å². The van der Waals surface area contributed by atoms with Crippen LogP contribution in [0.5, 0.6) is 5.75 Å². The third-order valence-corrected chi connectivity index (χ3v) is 6.45. The van der Waals surface area contributed by atoms with E-state index in [-0.39, 0.29) is 17.9 Å². The van der Waals surface area contributed by atoms with Crippen LogP contribution in [0.25, 0.3) is 0 Å². The Hall–Kier alpha value is -3.12. The zero-order chi connectivity index (χ0) is 21.4. The number of fused-ring (bicyclic) bond motifs is 1. The van der Waals surface area contributed by atoms with E-state index in [1.54, 1.807) is 11.9 Å². The second kappa shape index (κ2) is 7.85. The monoisotopic (exact) mass is 418 g/mol. The molecule has 2 amide bonds. The molecule has 31 heavy (non-hydrogen) atoms. The van der Waals surface area contributed by atoms with Crippen LogP contribution < -0.4 is 10.1 Å². The Labute approximate surface area is 181 Å². The second-order valence-corrected chi connectivity index (χ2v) is 8.52. The largest absolute Gasteiger partial charge is 0.491 e. The molecule has 0 aromatic heterocycles. The lowest BCUT2D eigenvalue weighted by Crippen LogP contribution is -2.41. The predicted molar refractivity (Wildman–Crippen MR) is 117 cm³/mol. The molecule has 0 saturated carbocycles. The van der Waals surface area contributed by atoms with Crippen molar-refractivity contribution in [1.82, 2.24) is 4.90 Å². The molecule has 5 rings (SSSR count). The fourth-order valence-corrected chi connectivity index (χ4v) is 5.01. The average Bonchev–Trinajstić information content (AvgIpc) is 3.41. The quantitative estimate of drug-likeness (QED) is 0.554. The van der Waals surface area contributed by atoms with Gasteiger partial charge in [0.2, 0.25) is 11.8 Å². The molecular formula is C25H26N2O4. The van der Waals surface area contributed by atoms with E-state index in [2.05, 4.69) is 17.4 Å². The number of aryl methyl sites for hydroxylation is 1. The van der Waals surface area contributed by atoms with Crippen molar-refractivity contribution in [2.75, 3.05) is 25.5 Å². The summed E-state index contributed by atoms with van der Waals surface area (Å²) in [7, 11) is 1.76. The van der Waals surface area contributed by atoms with Crippen LogP contribution in [0, 0.1) is 11.8 Å². The number of likely N-dealkylation sites (tertiary alicyclic amines) is 1. The minimum Gasteiger partial charge on any atom is -0.491 e. The second-order valence-electron chi connectivity index (χ2n) is 8.52. The van der Waals surface area contributed by atoms with Crippen LogP contribution in [-0.4, -0.2) is 48.6 Å². The first-order valence-electron chi connectivity index (χ1n) is 10.8. The smallest absolute Gasteiger partial charge is 0.231 e. The third-order valence-electron chi connectivity index (χ3n) is 6.45. The van der Waals surface area contributed by atoms with Crippen molar-refractivity contribution >= 4 is 17.5 Å². The molecule has 1 spiro atoms. The van der Waals surface area contributed by atoms with E-state index in [1.807, 2.05) is 54.6 Å². The number of benzene rings is 2. The number of nitrogens with one attached hydrogen (secondary N) is 1. The number of para-hydroxylation sites is 2. The molecule has 4 atom stereocenters. The minimum atomic E-state index is -0.661. The van der Waals surface area contributed by atoms with Gasteiger partial charge in [-0.05, 0) is 30.5 Å². The molecule has 2 aromatic rings. The lowest BCUT2D eigenvalue weighted by Gasteiger charge is -2.24. The van der Waals surface area contributed by atoms with E-state index in [1.165, 1.54) is 5.56 Å². The van der Waals surface area contributed by atoms with Crippen LogP contribution in [0.2, 0.25) is 0 Å². The first-order chi connectivity index (χ1) is 15.1. The summed E-state index contributed by atoms with van der Waals surface area (Å²) in [5.74, 6) is -0.601. The van der Waals surface area contributed by atoms with Gasteiger partial charge in [0.25, 0.3) is 0 Å². The first kappa shape index (κ1) is 19.8.